The van der Waals surface area contributed by atoms with Gasteiger partial charge in [-0.25, -0.2) is 0 Å². The molecule has 0 aliphatic heterocycles. The molecule has 0 bridgehead atoms. The highest BCUT2D eigenvalue weighted by Crippen LogP contribution is 2.59. The summed E-state index contributed by atoms with van der Waals surface area (Å²) >= 11 is 3.51. The highest BCUT2D eigenvalue weighted by molar-refractivity contribution is 9.10. The second-order valence-corrected chi connectivity index (χ2v) is 7.26. The molecule has 2 heteroatoms. The minimum Gasteiger partial charge on any atom is -0.330 e. The molecule has 0 atom stereocenters. The van der Waals surface area contributed by atoms with Crippen molar-refractivity contribution in [3.8, 4) is 0 Å². The van der Waals surface area contributed by atoms with E-state index >= 15 is 0 Å². The molecule has 1 fully saturated rings. The third kappa shape index (κ3) is 2.90. The molecule has 19 heavy (non-hydrogen) atoms. The van der Waals surface area contributed by atoms with Crippen molar-refractivity contribution in [1.29, 1.82) is 0 Å². The van der Waals surface area contributed by atoms with E-state index < -0.39 is 0 Å². The van der Waals surface area contributed by atoms with Crippen LogP contribution in [0.2, 0.25) is 0 Å². The maximum Gasteiger partial charge on any atom is 0.0175 e. The Balaban J connectivity index is 2.17. The van der Waals surface area contributed by atoms with Crippen LogP contribution >= 0.6 is 15.9 Å². The summed E-state index contributed by atoms with van der Waals surface area (Å²) < 4.78 is 1.15. The van der Waals surface area contributed by atoms with Crippen LogP contribution in [0, 0.1) is 5.41 Å². The lowest BCUT2D eigenvalue weighted by Crippen LogP contribution is -2.53. The maximum absolute atomic E-state index is 6.14. The molecule has 1 aromatic carbocycles. The minimum absolute atomic E-state index is 0.241. The summed E-state index contributed by atoms with van der Waals surface area (Å²) in [6.45, 7) is 5.39. The fourth-order valence-corrected chi connectivity index (χ4v) is 4.46. The summed E-state index contributed by atoms with van der Waals surface area (Å²) in [5.41, 5.74) is 8.38. The van der Waals surface area contributed by atoms with Crippen molar-refractivity contribution in [3.63, 3.8) is 0 Å². The largest absolute Gasteiger partial charge is 0.330 e. The van der Waals surface area contributed by atoms with E-state index in [1.807, 2.05) is 0 Å². The molecule has 1 aliphatic carbocycles. The van der Waals surface area contributed by atoms with Gasteiger partial charge in [0.2, 0.25) is 0 Å². The first-order chi connectivity index (χ1) is 9.10. The Bertz CT molecular complexity index is 396. The molecule has 0 saturated heterocycles. The zero-order valence-corrected chi connectivity index (χ0v) is 13.8. The molecule has 0 unspecified atom stereocenters. The van der Waals surface area contributed by atoms with Crippen molar-refractivity contribution < 1.29 is 0 Å². The van der Waals surface area contributed by atoms with E-state index in [1.54, 1.807) is 0 Å². The van der Waals surface area contributed by atoms with E-state index in [0.717, 1.165) is 11.0 Å². The summed E-state index contributed by atoms with van der Waals surface area (Å²) in [6, 6.07) is 8.79. The summed E-state index contributed by atoms with van der Waals surface area (Å²) in [5, 5.41) is 0. The first-order valence-corrected chi connectivity index (χ1v) is 8.35. The number of halogens is 1. The molecule has 1 aromatic rings. The van der Waals surface area contributed by atoms with Crippen LogP contribution in [0.1, 0.15) is 57.9 Å². The van der Waals surface area contributed by atoms with Gasteiger partial charge < -0.3 is 5.73 Å². The Labute approximate surface area is 126 Å². The number of benzene rings is 1. The Morgan fingerprint density at radius 2 is 1.58 bits per heavy atom. The molecular formula is C17H26BrN. The molecule has 1 aliphatic rings. The summed E-state index contributed by atoms with van der Waals surface area (Å²) in [4.78, 5) is 0. The summed E-state index contributed by atoms with van der Waals surface area (Å²) in [7, 11) is 0. The van der Waals surface area contributed by atoms with E-state index in [0.29, 0.717) is 5.41 Å². The first-order valence-electron chi connectivity index (χ1n) is 7.56. The molecule has 0 amide bonds. The maximum atomic E-state index is 6.14. The van der Waals surface area contributed by atoms with Crippen LogP contribution in [0.5, 0.6) is 0 Å². The van der Waals surface area contributed by atoms with Crippen LogP contribution in [0.25, 0.3) is 0 Å². The van der Waals surface area contributed by atoms with Gasteiger partial charge in [-0.3, -0.25) is 0 Å². The normalized spacial score (nSPS) is 20.0. The Kier molecular flexibility index (Phi) is 4.73. The van der Waals surface area contributed by atoms with Gasteiger partial charge in [0.05, 0.1) is 0 Å². The molecule has 0 spiro atoms. The topological polar surface area (TPSA) is 26.0 Å². The Hall–Kier alpha value is -0.340. The summed E-state index contributed by atoms with van der Waals surface area (Å²) in [5.74, 6) is 0. The van der Waals surface area contributed by atoms with Gasteiger partial charge in [0.1, 0.15) is 0 Å². The van der Waals surface area contributed by atoms with Crippen molar-refractivity contribution in [1.82, 2.24) is 0 Å². The number of rotatable bonds is 6. The molecule has 2 rings (SSSR count). The summed E-state index contributed by atoms with van der Waals surface area (Å²) in [6.07, 6.45) is 7.86. The van der Waals surface area contributed by atoms with Gasteiger partial charge in [-0.15, -0.1) is 0 Å². The van der Waals surface area contributed by atoms with Crippen molar-refractivity contribution in [3.05, 3.63) is 34.3 Å². The monoisotopic (exact) mass is 323 g/mol. The van der Waals surface area contributed by atoms with Crippen LogP contribution < -0.4 is 5.73 Å². The lowest BCUT2D eigenvalue weighted by molar-refractivity contribution is 0.00783. The van der Waals surface area contributed by atoms with E-state index in [9.17, 15) is 0 Å². The molecule has 0 heterocycles. The van der Waals surface area contributed by atoms with E-state index in [2.05, 4.69) is 54.0 Å². The zero-order chi connectivity index (χ0) is 13.9. The number of hydrogen-bond acceptors (Lipinski definition) is 1. The van der Waals surface area contributed by atoms with Crippen LogP contribution in [0.3, 0.4) is 0 Å². The number of hydrogen-bond donors (Lipinski definition) is 1. The molecule has 0 aromatic heterocycles. The van der Waals surface area contributed by atoms with Gasteiger partial charge in [-0.05, 0) is 48.8 Å². The predicted octanol–water partition coefficient (Wildman–Crippen LogP) is 5.03. The Morgan fingerprint density at radius 1 is 1.05 bits per heavy atom. The highest BCUT2D eigenvalue weighted by atomic mass is 79.9. The lowest BCUT2D eigenvalue weighted by atomic mass is 9.48. The van der Waals surface area contributed by atoms with Gasteiger partial charge in [-0.2, -0.15) is 0 Å². The van der Waals surface area contributed by atoms with Crippen molar-refractivity contribution in [2.45, 2.75) is 57.8 Å². The first kappa shape index (κ1) is 15.1. The molecule has 106 valence electrons. The van der Waals surface area contributed by atoms with E-state index in [-0.39, 0.29) is 5.41 Å². The van der Waals surface area contributed by atoms with Crippen molar-refractivity contribution >= 4 is 15.9 Å². The van der Waals surface area contributed by atoms with E-state index in [1.165, 1.54) is 44.1 Å². The van der Waals surface area contributed by atoms with Gasteiger partial charge in [0.25, 0.3) is 0 Å². The fourth-order valence-electron chi connectivity index (χ4n) is 4.19. The fraction of sp³-hybridized carbons (Fsp3) is 0.647. The predicted molar refractivity (Wildman–Crippen MR) is 86.4 cm³/mol. The van der Waals surface area contributed by atoms with Crippen molar-refractivity contribution in [2.24, 2.45) is 11.1 Å². The highest BCUT2D eigenvalue weighted by Gasteiger charge is 2.52. The molecule has 0 radical (unpaired) electrons. The average molecular weight is 324 g/mol. The smallest absolute Gasteiger partial charge is 0.0175 e. The van der Waals surface area contributed by atoms with Crippen LogP contribution in [0.4, 0.5) is 0 Å². The van der Waals surface area contributed by atoms with Gasteiger partial charge in [-0.1, -0.05) is 54.8 Å². The van der Waals surface area contributed by atoms with Crippen molar-refractivity contribution in [2.75, 3.05) is 6.54 Å². The van der Waals surface area contributed by atoms with Crippen LogP contribution in [0.15, 0.2) is 28.7 Å². The molecule has 1 nitrogen and oxygen atoms in total. The third-order valence-electron chi connectivity index (χ3n) is 4.83. The van der Waals surface area contributed by atoms with Gasteiger partial charge >= 0.3 is 0 Å². The quantitative estimate of drug-likeness (QED) is 0.780. The van der Waals surface area contributed by atoms with Crippen LogP contribution in [-0.2, 0) is 5.41 Å². The third-order valence-corrected chi connectivity index (χ3v) is 5.36. The lowest BCUT2D eigenvalue weighted by Gasteiger charge is -2.57. The Morgan fingerprint density at radius 3 is 2.00 bits per heavy atom. The van der Waals surface area contributed by atoms with Gasteiger partial charge in [0, 0.05) is 16.4 Å². The number of nitrogens with two attached hydrogens (primary N) is 1. The van der Waals surface area contributed by atoms with Crippen LogP contribution in [-0.4, -0.2) is 6.54 Å². The molecule has 2 N–H and O–H groups in total. The molecular weight excluding hydrogens is 298 g/mol. The SMILES string of the molecule is CCCC1(CCC)CC(CN)(c2ccc(Br)cc2)C1. The second-order valence-electron chi connectivity index (χ2n) is 6.34. The second kappa shape index (κ2) is 5.97. The standard InChI is InChI=1S/C17H26BrN/c1-3-9-16(10-4-2)11-17(12-16,13-19)14-5-7-15(18)8-6-14/h5-8H,3-4,9-13,19H2,1-2H3. The van der Waals surface area contributed by atoms with E-state index in [4.69, 9.17) is 5.73 Å². The van der Waals surface area contributed by atoms with Gasteiger partial charge in [0.15, 0.2) is 0 Å². The zero-order valence-electron chi connectivity index (χ0n) is 12.2. The minimum atomic E-state index is 0.241. The molecule has 1 saturated carbocycles. The average Bonchev–Trinajstić information content (AvgIpc) is 2.36.